The molecule has 1 fully saturated rings. The zero-order chi connectivity index (χ0) is 14.7. The zero-order valence-corrected chi connectivity index (χ0v) is 11.7. The zero-order valence-electron chi connectivity index (χ0n) is 11.7. The van der Waals surface area contributed by atoms with Crippen molar-refractivity contribution in [2.75, 3.05) is 29.9 Å². The molecule has 0 spiro atoms. The topological polar surface area (TPSA) is 104 Å². The molecule has 2 rings (SSSR count). The summed E-state index contributed by atoms with van der Waals surface area (Å²) in [5, 5.41) is 24.0. The lowest BCUT2D eigenvalue weighted by atomic mass is 10.1. The van der Waals surface area contributed by atoms with E-state index in [-0.39, 0.29) is 11.5 Å². The molecular weight excluding hydrogens is 262 g/mol. The van der Waals surface area contributed by atoms with Crippen molar-refractivity contribution in [2.45, 2.75) is 32.8 Å². The highest BCUT2D eigenvalue weighted by Gasteiger charge is 2.29. The predicted octanol–water partition coefficient (Wildman–Crippen LogP) is 1.09. The highest BCUT2D eigenvalue weighted by atomic mass is 16.6. The first-order valence-electron chi connectivity index (χ1n) is 6.72. The molecule has 0 amide bonds. The van der Waals surface area contributed by atoms with E-state index in [9.17, 15) is 15.2 Å². The SMILES string of the molecule is CCNc1nc(C)c([N+](=O)[O-])c(N2CCCC(O)C2)n1. The molecule has 2 N–H and O–H groups in total. The number of piperidine rings is 1. The summed E-state index contributed by atoms with van der Waals surface area (Å²) in [5.74, 6) is 0.669. The summed E-state index contributed by atoms with van der Waals surface area (Å²) >= 11 is 0. The molecule has 0 bridgehead atoms. The predicted molar refractivity (Wildman–Crippen MR) is 75.0 cm³/mol. The van der Waals surface area contributed by atoms with Gasteiger partial charge in [-0.05, 0) is 26.7 Å². The maximum atomic E-state index is 11.3. The molecule has 1 unspecified atom stereocenters. The minimum absolute atomic E-state index is 0.0826. The van der Waals surface area contributed by atoms with E-state index in [4.69, 9.17) is 0 Å². The van der Waals surface area contributed by atoms with Gasteiger partial charge in [-0.2, -0.15) is 4.98 Å². The van der Waals surface area contributed by atoms with Crippen molar-refractivity contribution in [1.82, 2.24) is 9.97 Å². The highest BCUT2D eigenvalue weighted by molar-refractivity contribution is 5.62. The third-order valence-corrected chi connectivity index (χ3v) is 3.25. The van der Waals surface area contributed by atoms with Gasteiger partial charge in [-0.3, -0.25) is 10.1 Å². The van der Waals surface area contributed by atoms with Crippen molar-refractivity contribution in [3.63, 3.8) is 0 Å². The second-order valence-corrected chi connectivity index (χ2v) is 4.83. The van der Waals surface area contributed by atoms with Crippen LogP contribution in [0.4, 0.5) is 17.5 Å². The Bertz CT molecular complexity index is 508. The average Bonchev–Trinajstić information content (AvgIpc) is 2.37. The number of hydrogen-bond donors (Lipinski definition) is 2. The van der Waals surface area contributed by atoms with Crippen LogP contribution in [0.15, 0.2) is 0 Å². The van der Waals surface area contributed by atoms with E-state index in [1.54, 1.807) is 11.8 Å². The van der Waals surface area contributed by atoms with Crippen LogP contribution in [0.1, 0.15) is 25.5 Å². The standard InChI is InChI=1S/C12H19N5O3/c1-3-13-12-14-8(2)10(17(19)20)11(15-12)16-6-4-5-9(18)7-16/h9,18H,3-7H2,1-2H3,(H,13,14,15). The minimum Gasteiger partial charge on any atom is -0.391 e. The van der Waals surface area contributed by atoms with Crippen LogP contribution in [-0.2, 0) is 0 Å². The number of nitro groups is 1. The number of nitrogens with zero attached hydrogens (tertiary/aromatic N) is 4. The number of aryl methyl sites for hydroxylation is 1. The largest absolute Gasteiger partial charge is 0.391 e. The number of β-amino-alcohol motifs (C(OH)–C–C–N with tert-alkyl or cyclic N) is 1. The summed E-state index contributed by atoms with van der Waals surface area (Å²) in [7, 11) is 0. The molecule has 0 saturated carbocycles. The first-order chi connectivity index (χ1) is 9.52. The highest BCUT2D eigenvalue weighted by Crippen LogP contribution is 2.31. The van der Waals surface area contributed by atoms with E-state index in [2.05, 4.69) is 15.3 Å². The molecule has 2 heterocycles. The van der Waals surface area contributed by atoms with Gasteiger partial charge >= 0.3 is 5.69 Å². The molecule has 1 aromatic rings. The summed E-state index contributed by atoms with van der Waals surface area (Å²) in [6.45, 7) is 5.16. The van der Waals surface area contributed by atoms with Crippen LogP contribution in [0, 0.1) is 17.0 Å². The number of nitrogens with one attached hydrogen (secondary N) is 1. The third kappa shape index (κ3) is 2.96. The lowest BCUT2D eigenvalue weighted by Crippen LogP contribution is -2.39. The normalized spacial score (nSPS) is 18.9. The Morgan fingerprint density at radius 3 is 2.90 bits per heavy atom. The molecule has 1 aliphatic rings. The Balaban J connectivity index is 2.44. The van der Waals surface area contributed by atoms with Crippen LogP contribution in [0.3, 0.4) is 0 Å². The molecule has 1 atom stereocenters. The van der Waals surface area contributed by atoms with E-state index < -0.39 is 11.0 Å². The number of rotatable bonds is 4. The van der Waals surface area contributed by atoms with Gasteiger partial charge in [0.1, 0.15) is 5.69 Å². The molecular formula is C12H19N5O3. The Hall–Kier alpha value is -1.96. The van der Waals surface area contributed by atoms with Crippen molar-refractivity contribution in [2.24, 2.45) is 0 Å². The number of aliphatic hydroxyl groups is 1. The molecule has 1 aliphatic heterocycles. The fourth-order valence-electron chi connectivity index (χ4n) is 2.37. The van der Waals surface area contributed by atoms with Crippen molar-refractivity contribution in [3.05, 3.63) is 15.8 Å². The first kappa shape index (κ1) is 14.4. The Morgan fingerprint density at radius 1 is 1.55 bits per heavy atom. The van der Waals surface area contributed by atoms with Gasteiger partial charge in [-0.1, -0.05) is 0 Å². The quantitative estimate of drug-likeness (QED) is 0.628. The van der Waals surface area contributed by atoms with E-state index in [0.29, 0.717) is 37.7 Å². The second-order valence-electron chi connectivity index (χ2n) is 4.83. The van der Waals surface area contributed by atoms with Gasteiger partial charge in [0.15, 0.2) is 0 Å². The number of aliphatic hydroxyl groups excluding tert-OH is 1. The summed E-state index contributed by atoms with van der Waals surface area (Å²) < 4.78 is 0. The lowest BCUT2D eigenvalue weighted by Gasteiger charge is -2.30. The van der Waals surface area contributed by atoms with Crippen LogP contribution in [0.5, 0.6) is 0 Å². The maximum absolute atomic E-state index is 11.3. The monoisotopic (exact) mass is 281 g/mol. The maximum Gasteiger partial charge on any atom is 0.332 e. The summed E-state index contributed by atoms with van der Waals surface area (Å²) in [6, 6.07) is 0. The molecule has 110 valence electrons. The second kappa shape index (κ2) is 6.00. The van der Waals surface area contributed by atoms with E-state index in [1.165, 1.54) is 0 Å². The molecule has 0 radical (unpaired) electrons. The van der Waals surface area contributed by atoms with Crippen LogP contribution in [-0.4, -0.2) is 45.7 Å². The third-order valence-electron chi connectivity index (χ3n) is 3.25. The number of hydrogen-bond acceptors (Lipinski definition) is 7. The van der Waals surface area contributed by atoms with E-state index in [1.807, 2.05) is 6.92 Å². The number of anilines is 2. The Kier molecular flexibility index (Phi) is 4.33. The van der Waals surface area contributed by atoms with Gasteiger partial charge in [0, 0.05) is 19.6 Å². The fourth-order valence-corrected chi connectivity index (χ4v) is 2.37. The van der Waals surface area contributed by atoms with Gasteiger partial charge in [0.25, 0.3) is 0 Å². The summed E-state index contributed by atoms with van der Waals surface area (Å²) in [6.07, 6.45) is 1.04. The fraction of sp³-hybridized carbons (Fsp3) is 0.667. The van der Waals surface area contributed by atoms with Gasteiger partial charge in [0.05, 0.1) is 11.0 Å². The first-order valence-corrected chi connectivity index (χ1v) is 6.72. The molecule has 20 heavy (non-hydrogen) atoms. The lowest BCUT2D eigenvalue weighted by molar-refractivity contribution is -0.385. The van der Waals surface area contributed by atoms with Gasteiger partial charge in [-0.15, -0.1) is 0 Å². The van der Waals surface area contributed by atoms with Crippen LogP contribution in [0.25, 0.3) is 0 Å². The van der Waals surface area contributed by atoms with Crippen molar-refractivity contribution in [3.8, 4) is 0 Å². The smallest absolute Gasteiger partial charge is 0.332 e. The van der Waals surface area contributed by atoms with E-state index >= 15 is 0 Å². The molecule has 8 nitrogen and oxygen atoms in total. The van der Waals surface area contributed by atoms with Crippen LogP contribution in [0.2, 0.25) is 0 Å². The van der Waals surface area contributed by atoms with Gasteiger partial charge < -0.3 is 15.3 Å². The van der Waals surface area contributed by atoms with Crippen molar-refractivity contribution < 1.29 is 10.0 Å². The Labute approximate surface area is 117 Å². The van der Waals surface area contributed by atoms with Crippen LogP contribution < -0.4 is 10.2 Å². The molecule has 8 heteroatoms. The minimum atomic E-state index is -0.471. The molecule has 0 aliphatic carbocycles. The average molecular weight is 281 g/mol. The van der Waals surface area contributed by atoms with Crippen molar-refractivity contribution >= 4 is 17.5 Å². The van der Waals surface area contributed by atoms with Gasteiger partial charge in [0.2, 0.25) is 11.8 Å². The molecule has 0 aromatic carbocycles. The van der Waals surface area contributed by atoms with Gasteiger partial charge in [-0.25, -0.2) is 4.98 Å². The van der Waals surface area contributed by atoms with E-state index in [0.717, 1.165) is 6.42 Å². The molecule has 1 saturated heterocycles. The van der Waals surface area contributed by atoms with Crippen molar-refractivity contribution in [1.29, 1.82) is 0 Å². The summed E-state index contributed by atoms with van der Waals surface area (Å²) in [5.41, 5.74) is 0.247. The van der Waals surface area contributed by atoms with Crippen LogP contribution >= 0.6 is 0 Å². The number of aromatic nitrogens is 2. The summed E-state index contributed by atoms with van der Waals surface area (Å²) in [4.78, 5) is 20.9. The Morgan fingerprint density at radius 2 is 2.30 bits per heavy atom. The molecule has 1 aromatic heterocycles.